The van der Waals surface area contributed by atoms with Crippen LogP contribution in [0.3, 0.4) is 0 Å². The van der Waals surface area contributed by atoms with Gasteiger partial charge in [0.15, 0.2) is 17.3 Å². The summed E-state index contributed by atoms with van der Waals surface area (Å²) in [4.78, 5) is 115. The summed E-state index contributed by atoms with van der Waals surface area (Å²) in [6.07, 6.45) is 12.9. The van der Waals surface area contributed by atoms with Gasteiger partial charge in [0.1, 0.15) is 25.3 Å². The molecule has 81 heavy (non-hydrogen) atoms. The second-order valence-corrected chi connectivity index (χ2v) is 22.4. The molecular formula is C61H77N7O13. The number of hydrazone groups is 1. The van der Waals surface area contributed by atoms with Crippen molar-refractivity contribution in [2.45, 2.75) is 155 Å². The summed E-state index contributed by atoms with van der Waals surface area (Å²) in [7, 11) is 2.60. The van der Waals surface area contributed by atoms with Crippen molar-refractivity contribution in [1.82, 2.24) is 4.98 Å². The van der Waals surface area contributed by atoms with Crippen LogP contribution in [-0.4, -0.2) is 108 Å². The molecule has 3 amide bonds. The molecule has 0 radical (unpaired) electrons. The Balaban J connectivity index is 0.000000182. The van der Waals surface area contributed by atoms with Crippen molar-refractivity contribution in [3.05, 3.63) is 88.3 Å². The van der Waals surface area contributed by atoms with Crippen LogP contribution >= 0.6 is 0 Å². The fraction of sp³-hybridized carbons (Fsp3) is 0.475. The van der Waals surface area contributed by atoms with Crippen molar-refractivity contribution in [2.75, 3.05) is 59.7 Å². The molecule has 3 aliphatic heterocycles. The number of carbonyl (C=O) groups is 9. The fourth-order valence-corrected chi connectivity index (χ4v) is 11.0. The van der Waals surface area contributed by atoms with Gasteiger partial charge in [-0.15, -0.1) is 0 Å². The Morgan fingerprint density at radius 3 is 1.67 bits per heavy atom. The van der Waals surface area contributed by atoms with Gasteiger partial charge in [-0.1, -0.05) is 20.3 Å². The smallest absolute Gasteiger partial charge is 0.325 e. The Hall–Kier alpha value is -8.16. The van der Waals surface area contributed by atoms with E-state index in [-0.39, 0.29) is 62.1 Å². The van der Waals surface area contributed by atoms with Gasteiger partial charge >= 0.3 is 17.9 Å². The van der Waals surface area contributed by atoms with E-state index in [2.05, 4.69) is 20.2 Å². The molecule has 0 spiro atoms. The van der Waals surface area contributed by atoms with E-state index in [1.165, 1.54) is 28.9 Å². The monoisotopic (exact) mass is 1120 g/mol. The van der Waals surface area contributed by atoms with Crippen LogP contribution in [0.1, 0.15) is 165 Å². The highest BCUT2D eigenvalue weighted by Gasteiger charge is 2.47. The number of aromatic amines is 1. The van der Waals surface area contributed by atoms with Gasteiger partial charge in [-0.05, 0) is 170 Å². The lowest BCUT2D eigenvalue weighted by atomic mass is 9.85. The molecule has 10 rings (SSSR count). The van der Waals surface area contributed by atoms with Gasteiger partial charge in [0.2, 0.25) is 17.7 Å². The lowest BCUT2D eigenvalue weighted by Crippen LogP contribution is -2.39. The Labute approximate surface area is 472 Å². The third-order valence-electron chi connectivity index (χ3n) is 15.8. The number of allylic oxidation sites excluding steroid dienone is 1. The van der Waals surface area contributed by atoms with E-state index in [1.807, 2.05) is 45.9 Å². The average Bonchev–Trinajstić information content (AvgIpc) is 3.68. The van der Waals surface area contributed by atoms with E-state index in [9.17, 15) is 48.3 Å². The number of nitrogen functional groups attached to an aromatic ring is 1. The van der Waals surface area contributed by atoms with Gasteiger partial charge in [-0.25, -0.2) is 0 Å². The number of methoxy groups -OCH3 is 2. The number of carboxylic acid groups (broad SMARTS) is 1. The van der Waals surface area contributed by atoms with Gasteiger partial charge in [0, 0.05) is 58.5 Å². The minimum Gasteiger partial charge on any atom is -0.515 e. The Kier molecular flexibility index (Phi) is 19.6. The summed E-state index contributed by atoms with van der Waals surface area (Å²) in [5.41, 5.74) is 16.0. The number of Topliss-reactive ketones (excluding diaryl/α,β-unsaturated/α-hetero) is 3. The van der Waals surface area contributed by atoms with Crippen molar-refractivity contribution in [2.24, 2.45) is 5.10 Å². The van der Waals surface area contributed by atoms with Crippen LogP contribution in [0, 0.1) is 0 Å². The molecular weight excluding hydrogens is 1040 g/mol. The molecule has 434 valence electrons. The fourth-order valence-electron chi connectivity index (χ4n) is 11.0. The number of aliphatic carboxylic acids is 1. The number of nitrogens with one attached hydrogen (secondary N) is 2. The highest BCUT2D eigenvalue weighted by molar-refractivity contribution is 6.40. The van der Waals surface area contributed by atoms with Crippen molar-refractivity contribution in [3.8, 4) is 0 Å². The number of aliphatic hydroxyl groups is 1. The van der Waals surface area contributed by atoms with E-state index < -0.39 is 34.2 Å². The number of rotatable bonds is 8. The lowest BCUT2D eigenvalue weighted by molar-refractivity contribution is -0.140. The summed E-state index contributed by atoms with van der Waals surface area (Å²) in [6.45, 7) is 10.4. The maximum Gasteiger partial charge on any atom is 0.325 e. The molecule has 3 aromatic carbocycles. The molecule has 6 aliphatic rings. The van der Waals surface area contributed by atoms with Crippen LogP contribution in [0.5, 0.6) is 0 Å². The number of ether oxygens (including phenoxy) is 2. The number of hydrogen-bond acceptors (Lipinski definition) is 15. The van der Waals surface area contributed by atoms with Crippen LogP contribution in [0.15, 0.2) is 65.5 Å². The first-order valence-corrected chi connectivity index (χ1v) is 27.2. The van der Waals surface area contributed by atoms with Crippen LogP contribution < -0.4 is 25.9 Å². The molecule has 0 bridgehead atoms. The zero-order valence-corrected chi connectivity index (χ0v) is 47.0. The van der Waals surface area contributed by atoms with E-state index in [0.717, 1.165) is 109 Å². The number of carbonyl (C=O) groups excluding carboxylic acids is 8. The van der Waals surface area contributed by atoms with Gasteiger partial charge in [0.05, 0.1) is 48.1 Å². The Bertz CT molecular complexity index is 3220. The minimum absolute atomic E-state index is 0. The Morgan fingerprint density at radius 2 is 1.10 bits per heavy atom. The van der Waals surface area contributed by atoms with Crippen LogP contribution in [0.2, 0.25) is 0 Å². The lowest BCUT2D eigenvalue weighted by Gasteiger charge is -2.19. The molecule has 4 heterocycles. The standard InChI is InChI=1S/C20H25N3O4.C19H20N2O4.C13H16N2O3.C8H12O2.CH4/c1-20(2)14-11-13(21-22-15-7-5-4-6-8-17(15)24)9-10-16(14)23(19(20)26)12-18(25)27-3;1-19(2)12-8-13-11(7-14(12)21(18(19)25)9-16(23)24)10-5-3-4-6-15(22)17(10)20-13;1-13(2)9-6-8(14)4-5-10(9)15(12(13)17)7-11(16)18-3;9-6-7-4-2-1-3-5-8(7)10;/h9-11,21H,4-8,12H2,1-3H3;7-8,20H,3-6,9H2,1-2H3,(H,23,24);4-6H,7,14H2,1-3H3;6,9H,1-5H2;1H4/b22-15+;;;7-6-;. The highest BCUT2D eigenvalue weighted by Crippen LogP contribution is 2.46. The molecule has 20 nitrogen and oxygen atoms in total. The number of nitrogens with zero attached hydrogens (tertiary/aromatic N) is 4. The van der Waals surface area contributed by atoms with Crippen LogP contribution in [0.4, 0.5) is 28.4 Å². The second kappa shape index (κ2) is 25.5. The molecule has 2 saturated carbocycles. The predicted molar refractivity (Wildman–Crippen MR) is 310 cm³/mol. The van der Waals surface area contributed by atoms with E-state index in [0.29, 0.717) is 65.4 Å². The predicted octanol–water partition coefficient (Wildman–Crippen LogP) is 9.23. The van der Waals surface area contributed by atoms with Crippen LogP contribution in [-0.2, 0) is 70.5 Å². The van der Waals surface area contributed by atoms with Crippen LogP contribution in [0.25, 0.3) is 10.9 Å². The molecule has 20 heteroatoms. The number of benzene rings is 3. The third-order valence-corrected chi connectivity index (χ3v) is 15.8. The zero-order valence-electron chi connectivity index (χ0n) is 47.0. The number of ketones is 3. The molecule has 0 saturated heterocycles. The topological polar surface area (TPSA) is 288 Å². The summed E-state index contributed by atoms with van der Waals surface area (Å²) in [6, 6.07) is 14.5. The molecule has 0 atom stereocenters. The number of fused-ring (bicyclic) bond motifs is 6. The maximum absolute atomic E-state index is 12.8. The number of aliphatic hydroxyl groups excluding tert-OH is 1. The normalized spacial score (nSPS) is 19.4. The van der Waals surface area contributed by atoms with Gasteiger partial charge in [-0.2, -0.15) is 5.10 Å². The summed E-state index contributed by atoms with van der Waals surface area (Å²) in [5, 5.41) is 23.0. The van der Waals surface area contributed by atoms with E-state index >= 15 is 0 Å². The summed E-state index contributed by atoms with van der Waals surface area (Å²) >= 11 is 0. The molecule has 1 aromatic heterocycles. The Morgan fingerprint density at radius 1 is 0.617 bits per heavy atom. The third kappa shape index (κ3) is 13.1. The summed E-state index contributed by atoms with van der Waals surface area (Å²) in [5.74, 6) is -2.07. The number of hydrogen-bond donors (Lipinski definition) is 5. The number of aromatic nitrogens is 1. The largest absolute Gasteiger partial charge is 0.515 e. The quantitative estimate of drug-likeness (QED) is 0.0209. The average molecular weight is 1120 g/mol. The van der Waals surface area contributed by atoms with Crippen molar-refractivity contribution < 1.29 is 62.8 Å². The number of anilines is 5. The first-order chi connectivity index (χ1) is 37.9. The minimum atomic E-state index is -1.04. The second-order valence-electron chi connectivity index (χ2n) is 22.4. The number of nitrogens with two attached hydrogens (primary N) is 1. The number of aryl methyl sites for hydroxylation is 1. The molecule has 6 N–H and O–H groups in total. The SMILES string of the molecule is C.CC1(C)C(=O)N(CC(=O)O)c2cc3c4c([nH]c3cc21)C(=O)CCCC4.COC(=O)CN1C(=O)C(C)(C)c2cc(N)ccc21.COC(=O)CN1C(=O)C(C)(C)c2cc(N/N=C3\CCCCCC3=O)ccc21.O=C1CCCCC/C1=C/O. The van der Waals surface area contributed by atoms with E-state index in [1.54, 1.807) is 44.2 Å². The number of carboxylic acids is 1. The molecule has 0 unspecified atom stereocenters. The highest BCUT2D eigenvalue weighted by atomic mass is 16.5. The summed E-state index contributed by atoms with van der Waals surface area (Å²) < 4.78 is 9.31. The van der Waals surface area contributed by atoms with Crippen molar-refractivity contribution >= 4 is 98.0 Å². The van der Waals surface area contributed by atoms with Crippen molar-refractivity contribution in [3.63, 3.8) is 0 Å². The first-order valence-electron chi connectivity index (χ1n) is 27.2. The van der Waals surface area contributed by atoms with E-state index in [4.69, 9.17) is 15.6 Å². The molecule has 2 fully saturated rings. The van der Waals surface area contributed by atoms with Gasteiger partial charge in [-0.3, -0.25) is 48.6 Å². The zero-order chi connectivity index (χ0) is 58.4. The molecule has 3 aliphatic carbocycles. The van der Waals surface area contributed by atoms with Gasteiger partial charge < -0.3 is 45.1 Å². The van der Waals surface area contributed by atoms with Gasteiger partial charge in [0.25, 0.3) is 0 Å². The molecule has 4 aromatic rings. The number of esters is 2. The number of amides is 3. The first kappa shape index (κ1) is 62.0. The maximum atomic E-state index is 12.8. The van der Waals surface area contributed by atoms with Crippen molar-refractivity contribution in [1.29, 1.82) is 0 Å². The number of H-pyrrole nitrogens is 1.